The second-order valence-corrected chi connectivity index (χ2v) is 12.8. The van der Waals surface area contributed by atoms with E-state index < -0.39 is 58.4 Å². The number of rotatable bonds is 4. The number of amides is 2. The van der Waals surface area contributed by atoms with Crippen molar-refractivity contribution >= 4 is 17.6 Å². The summed E-state index contributed by atoms with van der Waals surface area (Å²) < 4.78 is 0. The quantitative estimate of drug-likeness (QED) is 0.270. The number of Topliss-reactive ketones (excluding diaryl/α,β-unsaturated/α-hetero) is 1. The maximum atomic E-state index is 13.4. The predicted molar refractivity (Wildman–Crippen MR) is 163 cm³/mol. The van der Waals surface area contributed by atoms with Gasteiger partial charge in [-0.3, -0.25) is 19.3 Å². The Morgan fingerprint density at radius 2 is 1.71 bits per heavy atom. The summed E-state index contributed by atoms with van der Waals surface area (Å²) in [4.78, 5) is 44.4. The number of hydrogen-bond acceptors (Lipinski definition) is 10. The molecule has 0 spiro atoms. The minimum Gasteiger partial charge on any atom is -0.509 e. The summed E-state index contributed by atoms with van der Waals surface area (Å²) in [5, 5.41) is 57.2. The fourth-order valence-electron chi connectivity index (χ4n) is 7.72. The van der Waals surface area contributed by atoms with E-state index >= 15 is 0 Å². The fraction of sp³-hybridized carbons (Fsp3) is 0.424. The van der Waals surface area contributed by atoms with Gasteiger partial charge in [0, 0.05) is 48.8 Å². The number of phenolic OH excluding ortho intramolecular Hbond substituents is 1. The minimum atomic E-state index is -2.57. The first kappa shape index (κ1) is 30.8. The van der Waals surface area contributed by atoms with Gasteiger partial charge in [-0.2, -0.15) is 0 Å². The SMILES string of the molecule is CN1CCN(C(=O)c2cccc(-c3ccc(O)c4c3C[C@H]3C[C@H]5[C@@H](N(C)C)C(=O)C(C(N)=O)=C(O)[C@@]5(O)C(O)=C3C4O)c2)CC1. The highest BCUT2D eigenvalue weighted by molar-refractivity contribution is 6.22. The Kier molecular flexibility index (Phi) is 7.51. The predicted octanol–water partition coefficient (Wildman–Crippen LogP) is 1.03. The van der Waals surface area contributed by atoms with Gasteiger partial charge in [0.1, 0.15) is 28.9 Å². The Morgan fingerprint density at radius 1 is 1.02 bits per heavy atom. The Labute approximate surface area is 260 Å². The van der Waals surface area contributed by atoms with Gasteiger partial charge in [0.15, 0.2) is 11.4 Å². The fourth-order valence-corrected chi connectivity index (χ4v) is 7.72. The smallest absolute Gasteiger partial charge is 0.255 e. The molecule has 0 radical (unpaired) electrons. The first-order chi connectivity index (χ1) is 21.3. The summed E-state index contributed by atoms with van der Waals surface area (Å²) in [5.41, 5.74) is 4.64. The number of carbonyl (C=O) groups excluding carboxylic acids is 3. The lowest BCUT2D eigenvalue weighted by Gasteiger charge is -2.51. The van der Waals surface area contributed by atoms with Crippen LogP contribution in [0.25, 0.3) is 11.1 Å². The van der Waals surface area contributed by atoms with Crippen molar-refractivity contribution in [3.8, 4) is 16.9 Å². The molecule has 2 amide bonds. The highest BCUT2D eigenvalue weighted by atomic mass is 16.4. The number of primary amides is 1. The Hall–Kier alpha value is -4.23. The number of fused-ring (bicyclic) bond motifs is 3. The van der Waals surface area contributed by atoms with Gasteiger partial charge in [0.25, 0.3) is 11.8 Å². The molecule has 0 bridgehead atoms. The molecule has 4 aliphatic rings. The summed E-state index contributed by atoms with van der Waals surface area (Å²) in [6.45, 7) is 2.81. The van der Waals surface area contributed by atoms with Crippen molar-refractivity contribution in [1.82, 2.24) is 14.7 Å². The van der Waals surface area contributed by atoms with Gasteiger partial charge in [-0.1, -0.05) is 18.2 Å². The summed E-state index contributed by atoms with van der Waals surface area (Å²) >= 11 is 0. The normalized spacial score (nSPS) is 28.6. The van der Waals surface area contributed by atoms with E-state index in [2.05, 4.69) is 4.90 Å². The van der Waals surface area contributed by atoms with E-state index in [1.165, 1.54) is 11.0 Å². The molecule has 5 atom stereocenters. The minimum absolute atomic E-state index is 0.0186. The summed E-state index contributed by atoms with van der Waals surface area (Å²) in [6.07, 6.45) is -1.33. The number of piperazine rings is 1. The van der Waals surface area contributed by atoms with Crippen molar-refractivity contribution in [2.75, 3.05) is 47.3 Å². The van der Waals surface area contributed by atoms with Crippen molar-refractivity contribution in [2.45, 2.75) is 30.6 Å². The van der Waals surface area contributed by atoms with E-state index in [0.717, 1.165) is 13.1 Å². The van der Waals surface area contributed by atoms with Gasteiger partial charge in [-0.05, 0) is 74.8 Å². The third-order valence-corrected chi connectivity index (χ3v) is 10.0. The van der Waals surface area contributed by atoms with Crippen LogP contribution in [0.4, 0.5) is 0 Å². The molecule has 3 aliphatic carbocycles. The molecular weight excluding hydrogens is 580 g/mol. The molecule has 7 N–H and O–H groups in total. The molecule has 6 rings (SSSR count). The van der Waals surface area contributed by atoms with Crippen LogP contribution in [-0.4, -0.2) is 117 Å². The lowest BCUT2D eigenvalue weighted by molar-refractivity contribution is -0.137. The lowest BCUT2D eigenvalue weighted by Crippen LogP contribution is -2.62. The topological polar surface area (TPSA) is 188 Å². The van der Waals surface area contributed by atoms with Gasteiger partial charge in [-0.25, -0.2) is 0 Å². The van der Waals surface area contributed by atoms with E-state index in [1.807, 2.05) is 18.0 Å². The summed E-state index contributed by atoms with van der Waals surface area (Å²) in [7, 11) is 5.18. The van der Waals surface area contributed by atoms with Crippen molar-refractivity contribution < 1.29 is 39.9 Å². The molecule has 2 aromatic rings. The number of ketones is 1. The average molecular weight is 619 g/mol. The third-order valence-electron chi connectivity index (χ3n) is 10.0. The molecule has 0 saturated carbocycles. The van der Waals surface area contributed by atoms with Crippen LogP contribution in [0.1, 0.15) is 34.0 Å². The van der Waals surface area contributed by atoms with Crippen molar-refractivity contribution in [3.63, 3.8) is 0 Å². The van der Waals surface area contributed by atoms with Crippen LogP contribution in [0, 0.1) is 11.8 Å². The highest BCUT2D eigenvalue weighted by Crippen LogP contribution is 2.56. The largest absolute Gasteiger partial charge is 0.509 e. The molecule has 1 unspecified atom stereocenters. The number of aliphatic hydroxyl groups is 4. The van der Waals surface area contributed by atoms with Crippen LogP contribution >= 0.6 is 0 Å². The van der Waals surface area contributed by atoms with Gasteiger partial charge in [0.2, 0.25) is 0 Å². The lowest BCUT2D eigenvalue weighted by atomic mass is 9.58. The average Bonchev–Trinajstić information content (AvgIpc) is 2.99. The number of carbonyl (C=O) groups is 3. The van der Waals surface area contributed by atoms with Gasteiger partial charge in [-0.15, -0.1) is 0 Å². The number of phenols is 1. The number of aromatic hydroxyl groups is 1. The van der Waals surface area contributed by atoms with E-state index in [0.29, 0.717) is 35.3 Å². The Bertz CT molecular complexity index is 1670. The zero-order valence-electron chi connectivity index (χ0n) is 25.4. The van der Waals surface area contributed by atoms with Crippen molar-refractivity contribution in [2.24, 2.45) is 17.6 Å². The standard InChI is InChI=1S/C33H38N4O8/c1-35(2)26-21-15-18-14-20-19(16-5-4-6-17(13-16)32(44)37-11-9-36(3)10-12-37)7-8-22(38)24(20)27(39)23(18)29(41)33(21,45)30(42)25(28(26)40)31(34)43/h4-8,13,18,21,26-27,38-39,41-42,45H,9-12,14-15H2,1-3H3,(H2,34,43)/t18-,21-,26+,27?,33-/m0/s1. The zero-order valence-corrected chi connectivity index (χ0v) is 25.4. The van der Waals surface area contributed by atoms with Crippen LogP contribution < -0.4 is 5.73 Å². The maximum absolute atomic E-state index is 13.4. The van der Waals surface area contributed by atoms with E-state index in [9.17, 15) is 39.9 Å². The van der Waals surface area contributed by atoms with Crippen LogP contribution in [0.15, 0.2) is 59.1 Å². The summed E-state index contributed by atoms with van der Waals surface area (Å²) in [5.74, 6) is -5.86. The van der Waals surface area contributed by atoms with Gasteiger partial charge < -0.3 is 41.1 Å². The molecular formula is C33H38N4O8. The molecule has 1 saturated heterocycles. The number of likely N-dealkylation sites (N-methyl/N-ethyl adjacent to an activating group) is 2. The Balaban J connectivity index is 1.45. The summed E-state index contributed by atoms with van der Waals surface area (Å²) in [6, 6.07) is 9.21. The van der Waals surface area contributed by atoms with Crippen LogP contribution in [0.3, 0.4) is 0 Å². The van der Waals surface area contributed by atoms with E-state index in [1.54, 1.807) is 38.4 Å². The molecule has 1 aliphatic heterocycles. The van der Waals surface area contributed by atoms with Crippen LogP contribution in [0.5, 0.6) is 5.75 Å². The third kappa shape index (κ3) is 4.62. The van der Waals surface area contributed by atoms with E-state index in [-0.39, 0.29) is 35.6 Å². The monoisotopic (exact) mass is 618 g/mol. The molecule has 1 heterocycles. The molecule has 0 aromatic heterocycles. The number of hydrogen-bond donors (Lipinski definition) is 6. The molecule has 2 aromatic carbocycles. The van der Waals surface area contributed by atoms with Gasteiger partial charge >= 0.3 is 0 Å². The van der Waals surface area contributed by atoms with Crippen molar-refractivity contribution in [3.05, 3.63) is 75.8 Å². The van der Waals surface area contributed by atoms with Crippen molar-refractivity contribution in [1.29, 1.82) is 0 Å². The highest BCUT2D eigenvalue weighted by Gasteiger charge is 2.62. The Morgan fingerprint density at radius 3 is 2.36 bits per heavy atom. The molecule has 238 valence electrons. The molecule has 12 nitrogen and oxygen atoms in total. The van der Waals surface area contributed by atoms with Crippen LogP contribution in [0.2, 0.25) is 0 Å². The van der Waals surface area contributed by atoms with Crippen LogP contribution in [-0.2, 0) is 16.0 Å². The number of aliphatic hydroxyl groups excluding tert-OH is 3. The number of benzene rings is 2. The molecule has 12 heteroatoms. The first-order valence-electron chi connectivity index (χ1n) is 15.0. The van der Waals surface area contributed by atoms with Gasteiger partial charge in [0.05, 0.1) is 6.04 Å². The number of nitrogens with zero attached hydrogens (tertiary/aromatic N) is 3. The van der Waals surface area contributed by atoms with E-state index in [4.69, 9.17) is 5.73 Å². The maximum Gasteiger partial charge on any atom is 0.255 e. The second kappa shape index (κ2) is 11.0. The zero-order chi connectivity index (χ0) is 32.5. The first-order valence-corrected chi connectivity index (χ1v) is 15.0. The molecule has 45 heavy (non-hydrogen) atoms. The molecule has 1 fully saturated rings. The second-order valence-electron chi connectivity index (χ2n) is 12.8. The number of nitrogens with two attached hydrogens (primary N) is 1.